The highest BCUT2D eigenvalue weighted by molar-refractivity contribution is 6.21. The smallest absolute Gasteiger partial charge is 0.145 e. The van der Waals surface area contributed by atoms with E-state index in [0.717, 1.165) is 50.1 Å². The van der Waals surface area contributed by atoms with Crippen molar-refractivity contribution in [2.24, 2.45) is 0 Å². The van der Waals surface area contributed by atoms with Crippen LogP contribution in [0.1, 0.15) is 0 Å². The number of hydrogen-bond donors (Lipinski definition) is 0. The molecule has 0 bridgehead atoms. The second-order valence-electron chi connectivity index (χ2n) is 14.9. The van der Waals surface area contributed by atoms with Crippen molar-refractivity contribution in [2.75, 3.05) is 4.90 Å². The van der Waals surface area contributed by atoms with E-state index in [9.17, 15) is 0 Å². The number of hydrogen-bond acceptors (Lipinski definition) is 2. The molecule has 272 valence electrons. The summed E-state index contributed by atoms with van der Waals surface area (Å²) in [5.74, 6) is 0. The molecule has 11 rings (SSSR count). The number of anilines is 3. The Kier molecular flexibility index (Phi) is 8.19. The Morgan fingerprint density at radius 2 is 0.759 bits per heavy atom. The van der Waals surface area contributed by atoms with Crippen LogP contribution in [0.25, 0.3) is 88.0 Å². The topological polar surface area (TPSA) is 16.4 Å². The molecule has 2 heteroatoms. The van der Waals surface area contributed by atoms with E-state index < -0.39 is 0 Å². The van der Waals surface area contributed by atoms with E-state index in [2.05, 4.69) is 229 Å². The van der Waals surface area contributed by atoms with E-state index in [-0.39, 0.29) is 0 Å². The quantitative estimate of drug-likeness (QED) is 0.151. The van der Waals surface area contributed by atoms with Gasteiger partial charge in [-0.2, -0.15) is 0 Å². The summed E-state index contributed by atoms with van der Waals surface area (Å²) in [7, 11) is 0. The fourth-order valence-electron chi connectivity index (χ4n) is 8.64. The van der Waals surface area contributed by atoms with Gasteiger partial charge in [-0.05, 0) is 109 Å². The predicted octanol–water partition coefficient (Wildman–Crippen LogP) is 16.0. The van der Waals surface area contributed by atoms with Gasteiger partial charge in [-0.25, -0.2) is 0 Å². The Labute approximate surface area is 337 Å². The monoisotopic (exact) mass is 739 g/mol. The molecule has 0 saturated heterocycles. The Bertz CT molecular complexity index is 3240. The number of benzene rings is 10. The van der Waals surface area contributed by atoms with Crippen molar-refractivity contribution < 1.29 is 4.42 Å². The second kappa shape index (κ2) is 14.1. The first-order valence-electron chi connectivity index (χ1n) is 19.8. The first kappa shape index (κ1) is 33.6. The second-order valence-corrected chi connectivity index (χ2v) is 14.9. The van der Waals surface area contributed by atoms with E-state index in [1.54, 1.807) is 0 Å². The molecular formula is C56H37NO. The molecule has 1 aromatic heterocycles. The lowest BCUT2D eigenvalue weighted by molar-refractivity contribution is 0.670. The molecule has 0 radical (unpaired) electrons. The fourth-order valence-corrected chi connectivity index (χ4v) is 8.64. The van der Waals surface area contributed by atoms with Crippen molar-refractivity contribution in [3.63, 3.8) is 0 Å². The Balaban J connectivity index is 1.09. The van der Waals surface area contributed by atoms with E-state index in [1.165, 1.54) is 54.9 Å². The van der Waals surface area contributed by atoms with Gasteiger partial charge in [0.15, 0.2) is 0 Å². The summed E-state index contributed by atoms with van der Waals surface area (Å²) in [6.45, 7) is 0. The van der Waals surface area contributed by atoms with Crippen molar-refractivity contribution in [2.45, 2.75) is 0 Å². The number of fused-ring (bicyclic) bond motifs is 6. The third-order valence-corrected chi connectivity index (χ3v) is 11.5. The maximum Gasteiger partial charge on any atom is 0.145 e. The van der Waals surface area contributed by atoms with Gasteiger partial charge in [-0.15, -0.1) is 0 Å². The van der Waals surface area contributed by atoms with Crippen molar-refractivity contribution in [1.82, 2.24) is 0 Å². The highest BCUT2D eigenvalue weighted by Gasteiger charge is 2.23. The van der Waals surface area contributed by atoms with Crippen LogP contribution in [-0.2, 0) is 0 Å². The molecule has 0 aliphatic rings. The zero-order chi connectivity index (χ0) is 38.4. The first-order valence-corrected chi connectivity index (χ1v) is 19.8. The molecule has 0 N–H and O–H groups in total. The lowest BCUT2D eigenvalue weighted by Gasteiger charge is -2.27. The van der Waals surface area contributed by atoms with Gasteiger partial charge in [0.25, 0.3) is 0 Å². The zero-order valence-corrected chi connectivity index (χ0v) is 31.7. The van der Waals surface area contributed by atoms with Crippen molar-refractivity contribution in [3.05, 3.63) is 224 Å². The third kappa shape index (κ3) is 5.82. The zero-order valence-electron chi connectivity index (χ0n) is 31.7. The number of rotatable bonds is 7. The molecule has 0 saturated carbocycles. The van der Waals surface area contributed by atoms with Crippen molar-refractivity contribution >= 4 is 60.5 Å². The van der Waals surface area contributed by atoms with Gasteiger partial charge in [-0.3, -0.25) is 0 Å². The highest BCUT2D eigenvalue weighted by Crippen LogP contribution is 2.48. The molecule has 1 heterocycles. The molecule has 10 aromatic carbocycles. The van der Waals surface area contributed by atoms with Crippen LogP contribution in [0.2, 0.25) is 0 Å². The van der Waals surface area contributed by atoms with Crippen LogP contribution < -0.4 is 4.90 Å². The predicted molar refractivity (Wildman–Crippen MR) is 245 cm³/mol. The maximum absolute atomic E-state index is 6.93. The van der Waals surface area contributed by atoms with Gasteiger partial charge in [0.05, 0.1) is 11.1 Å². The Morgan fingerprint density at radius 3 is 1.34 bits per heavy atom. The largest absolute Gasteiger partial charge is 0.455 e. The average Bonchev–Trinajstić information content (AvgIpc) is 3.70. The van der Waals surface area contributed by atoms with E-state index in [1.807, 2.05) is 0 Å². The lowest BCUT2D eigenvalue weighted by Crippen LogP contribution is -2.10. The summed E-state index contributed by atoms with van der Waals surface area (Å²) in [4.78, 5) is 2.38. The minimum Gasteiger partial charge on any atom is -0.455 e. The van der Waals surface area contributed by atoms with Gasteiger partial charge in [-0.1, -0.05) is 176 Å². The van der Waals surface area contributed by atoms with Crippen LogP contribution in [0, 0.1) is 0 Å². The van der Waals surface area contributed by atoms with Crippen LogP contribution in [0.5, 0.6) is 0 Å². The maximum atomic E-state index is 6.93. The molecule has 2 nitrogen and oxygen atoms in total. The van der Waals surface area contributed by atoms with Crippen LogP contribution in [-0.4, -0.2) is 0 Å². The normalized spacial score (nSPS) is 11.4. The first-order chi connectivity index (χ1) is 28.8. The fraction of sp³-hybridized carbons (Fsp3) is 0. The molecule has 58 heavy (non-hydrogen) atoms. The average molecular weight is 740 g/mol. The minimum absolute atomic E-state index is 0.866. The van der Waals surface area contributed by atoms with Crippen LogP contribution in [0.4, 0.5) is 17.1 Å². The SMILES string of the molecule is c1ccc(-c2ccc(-c3ccc(N(c4ccc(-c5ccccc5)cc4)c4ccc(-c5cc6ccccc6c6ccccc56)c5oc6ccccc6c45)cc3)cc2)cc1. The summed E-state index contributed by atoms with van der Waals surface area (Å²) in [6, 6.07) is 80.5. The standard InChI is InChI=1S/C56H37NO/c1-3-13-38(14-4-1)40-23-25-41(26-24-40)43-29-33-46(34-30-43)57(45-31-27-42(28-32-45)39-15-5-2-6-16-39)53-36-35-50(56-55(53)51-21-11-12-22-54(51)58-56)52-37-44-17-7-8-18-47(44)48-19-9-10-20-49(48)52/h1-37H. The molecule has 0 spiro atoms. The third-order valence-electron chi connectivity index (χ3n) is 11.5. The molecule has 0 atom stereocenters. The Hall–Kier alpha value is -7.68. The molecule has 0 amide bonds. The molecule has 0 fully saturated rings. The van der Waals surface area contributed by atoms with Gasteiger partial charge in [0.1, 0.15) is 11.2 Å². The van der Waals surface area contributed by atoms with E-state index in [0.29, 0.717) is 0 Å². The van der Waals surface area contributed by atoms with Gasteiger partial charge in [0.2, 0.25) is 0 Å². The van der Waals surface area contributed by atoms with Gasteiger partial charge in [0, 0.05) is 22.3 Å². The molecule has 0 unspecified atom stereocenters. The highest BCUT2D eigenvalue weighted by atomic mass is 16.3. The summed E-state index contributed by atoms with van der Waals surface area (Å²) in [5.41, 5.74) is 14.3. The molecule has 0 aliphatic heterocycles. The number of nitrogens with zero attached hydrogens (tertiary/aromatic N) is 1. The van der Waals surface area contributed by atoms with Crippen LogP contribution in [0.15, 0.2) is 229 Å². The van der Waals surface area contributed by atoms with Crippen molar-refractivity contribution in [1.29, 1.82) is 0 Å². The Morgan fingerprint density at radius 1 is 0.310 bits per heavy atom. The summed E-state index contributed by atoms with van der Waals surface area (Å²) in [5, 5.41) is 7.06. The van der Waals surface area contributed by atoms with E-state index >= 15 is 0 Å². The van der Waals surface area contributed by atoms with Crippen LogP contribution >= 0.6 is 0 Å². The summed E-state index contributed by atoms with van der Waals surface area (Å²) < 4.78 is 6.93. The van der Waals surface area contributed by atoms with Gasteiger partial charge >= 0.3 is 0 Å². The summed E-state index contributed by atoms with van der Waals surface area (Å²) in [6.07, 6.45) is 0. The molecule has 0 aliphatic carbocycles. The molecule has 11 aromatic rings. The molecular weight excluding hydrogens is 703 g/mol. The lowest BCUT2D eigenvalue weighted by atomic mass is 9.92. The minimum atomic E-state index is 0.866. The summed E-state index contributed by atoms with van der Waals surface area (Å²) >= 11 is 0. The van der Waals surface area contributed by atoms with Gasteiger partial charge < -0.3 is 9.32 Å². The van der Waals surface area contributed by atoms with E-state index in [4.69, 9.17) is 4.42 Å². The van der Waals surface area contributed by atoms with Crippen molar-refractivity contribution in [3.8, 4) is 44.5 Å². The number of para-hydroxylation sites is 1. The van der Waals surface area contributed by atoms with Crippen LogP contribution in [0.3, 0.4) is 0 Å². The number of furan rings is 1.